The third kappa shape index (κ3) is 5.58. The zero-order valence-corrected chi connectivity index (χ0v) is 17.3. The van der Waals surface area contributed by atoms with E-state index < -0.39 is 0 Å². The standard InChI is InChI=1S/C22H25N5O4/c1-2-11-27(14-20-25-26-22(31-20)18-8-5-12-30-18)13-19(28)24-17-7-4-3-6-16(17)21(29)23-15-9-10-15/h3-8,12,15H,2,9-11,13-14H2,1H3,(H,23,29)(H,24,28). The van der Waals surface area contributed by atoms with Crippen molar-refractivity contribution in [3.63, 3.8) is 0 Å². The average molecular weight is 423 g/mol. The molecule has 1 fully saturated rings. The topological polar surface area (TPSA) is 114 Å². The molecule has 9 heteroatoms. The molecule has 0 aliphatic heterocycles. The highest BCUT2D eigenvalue weighted by atomic mass is 16.4. The van der Waals surface area contributed by atoms with E-state index in [0.717, 1.165) is 19.3 Å². The van der Waals surface area contributed by atoms with E-state index in [1.54, 1.807) is 36.4 Å². The van der Waals surface area contributed by atoms with Crippen LogP contribution in [0.25, 0.3) is 11.7 Å². The molecule has 2 heterocycles. The van der Waals surface area contributed by atoms with E-state index in [4.69, 9.17) is 8.83 Å². The second-order valence-corrected chi connectivity index (χ2v) is 7.53. The summed E-state index contributed by atoms with van der Waals surface area (Å²) in [4.78, 5) is 27.1. The van der Waals surface area contributed by atoms with Crippen LogP contribution in [0.5, 0.6) is 0 Å². The normalized spacial score (nSPS) is 13.4. The maximum absolute atomic E-state index is 12.7. The third-order valence-electron chi connectivity index (χ3n) is 4.82. The zero-order chi connectivity index (χ0) is 21.6. The van der Waals surface area contributed by atoms with Gasteiger partial charge in [-0.25, -0.2) is 0 Å². The van der Waals surface area contributed by atoms with Crippen molar-refractivity contribution in [1.29, 1.82) is 0 Å². The predicted octanol–water partition coefficient (Wildman–Crippen LogP) is 3.07. The lowest BCUT2D eigenvalue weighted by Crippen LogP contribution is -2.34. The Bertz CT molecular complexity index is 1030. The summed E-state index contributed by atoms with van der Waals surface area (Å²) in [5, 5.41) is 13.9. The molecule has 2 amide bonds. The second-order valence-electron chi connectivity index (χ2n) is 7.53. The molecular weight excluding hydrogens is 398 g/mol. The van der Waals surface area contributed by atoms with Crippen LogP contribution in [0.3, 0.4) is 0 Å². The third-order valence-corrected chi connectivity index (χ3v) is 4.82. The molecular formula is C22H25N5O4. The number of benzene rings is 1. The van der Waals surface area contributed by atoms with Crippen molar-refractivity contribution in [3.8, 4) is 11.7 Å². The number of nitrogens with one attached hydrogen (secondary N) is 2. The number of para-hydroxylation sites is 1. The monoisotopic (exact) mass is 423 g/mol. The molecule has 162 valence electrons. The van der Waals surface area contributed by atoms with Crippen LogP contribution >= 0.6 is 0 Å². The van der Waals surface area contributed by atoms with Crippen molar-refractivity contribution in [2.45, 2.75) is 38.8 Å². The fourth-order valence-corrected chi connectivity index (χ4v) is 3.21. The fraction of sp³-hybridized carbons (Fsp3) is 0.364. The van der Waals surface area contributed by atoms with Crippen LogP contribution in [0.1, 0.15) is 42.4 Å². The number of anilines is 1. The van der Waals surface area contributed by atoms with Crippen molar-refractivity contribution in [2.24, 2.45) is 0 Å². The SMILES string of the molecule is CCCN(CC(=O)Nc1ccccc1C(=O)NC1CC1)Cc1nnc(-c2ccco2)o1. The Morgan fingerprint density at radius 2 is 2.00 bits per heavy atom. The van der Waals surface area contributed by atoms with Crippen LogP contribution in [0.4, 0.5) is 5.69 Å². The minimum Gasteiger partial charge on any atom is -0.459 e. The Kier molecular flexibility index (Phi) is 6.42. The van der Waals surface area contributed by atoms with E-state index in [1.807, 2.05) is 11.8 Å². The smallest absolute Gasteiger partial charge is 0.283 e. The first-order chi connectivity index (χ1) is 15.1. The average Bonchev–Trinajstić information content (AvgIpc) is 3.20. The Morgan fingerprint density at radius 1 is 1.16 bits per heavy atom. The van der Waals surface area contributed by atoms with Gasteiger partial charge in [-0.05, 0) is 50.1 Å². The first-order valence-corrected chi connectivity index (χ1v) is 10.4. The largest absolute Gasteiger partial charge is 0.459 e. The van der Waals surface area contributed by atoms with Crippen molar-refractivity contribution in [1.82, 2.24) is 20.4 Å². The van der Waals surface area contributed by atoms with Gasteiger partial charge in [-0.2, -0.15) is 0 Å². The lowest BCUT2D eigenvalue weighted by Gasteiger charge is -2.19. The van der Waals surface area contributed by atoms with Gasteiger partial charge in [0.2, 0.25) is 11.8 Å². The molecule has 2 N–H and O–H groups in total. The number of carbonyl (C=O) groups excluding carboxylic acids is 2. The Morgan fingerprint density at radius 3 is 2.74 bits per heavy atom. The fourth-order valence-electron chi connectivity index (χ4n) is 3.21. The summed E-state index contributed by atoms with van der Waals surface area (Å²) < 4.78 is 10.9. The summed E-state index contributed by atoms with van der Waals surface area (Å²) in [6, 6.07) is 10.8. The highest BCUT2D eigenvalue weighted by Crippen LogP contribution is 2.22. The van der Waals surface area contributed by atoms with Crippen molar-refractivity contribution < 1.29 is 18.4 Å². The number of amides is 2. The molecule has 4 rings (SSSR count). The van der Waals surface area contributed by atoms with Crippen molar-refractivity contribution in [3.05, 3.63) is 54.1 Å². The second kappa shape index (κ2) is 9.57. The molecule has 1 aromatic carbocycles. The zero-order valence-electron chi connectivity index (χ0n) is 17.3. The van der Waals surface area contributed by atoms with Gasteiger partial charge in [0, 0.05) is 6.04 Å². The van der Waals surface area contributed by atoms with Gasteiger partial charge in [0.1, 0.15) is 0 Å². The summed E-state index contributed by atoms with van der Waals surface area (Å²) in [6.07, 6.45) is 4.40. The van der Waals surface area contributed by atoms with Gasteiger partial charge in [-0.1, -0.05) is 19.1 Å². The minimum absolute atomic E-state index is 0.130. The Balaban J connectivity index is 1.38. The van der Waals surface area contributed by atoms with E-state index in [-0.39, 0.29) is 24.4 Å². The van der Waals surface area contributed by atoms with E-state index in [2.05, 4.69) is 20.8 Å². The molecule has 0 atom stereocenters. The van der Waals surface area contributed by atoms with Gasteiger partial charge in [0.05, 0.1) is 30.6 Å². The molecule has 1 aliphatic carbocycles. The van der Waals surface area contributed by atoms with E-state index in [9.17, 15) is 9.59 Å². The van der Waals surface area contributed by atoms with E-state index in [1.165, 1.54) is 6.26 Å². The molecule has 2 aromatic heterocycles. The maximum atomic E-state index is 12.7. The Hall–Kier alpha value is -3.46. The molecule has 0 bridgehead atoms. The van der Waals surface area contributed by atoms with Crippen LogP contribution in [0, 0.1) is 0 Å². The molecule has 3 aromatic rings. The van der Waals surface area contributed by atoms with Crippen molar-refractivity contribution in [2.75, 3.05) is 18.4 Å². The molecule has 9 nitrogen and oxygen atoms in total. The number of nitrogens with zero attached hydrogens (tertiary/aromatic N) is 3. The van der Waals surface area contributed by atoms with Gasteiger partial charge in [-0.3, -0.25) is 14.5 Å². The van der Waals surface area contributed by atoms with Crippen LogP contribution in [0.15, 0.2) is 51.5 Å². The van der Waals surface area contributed by atoms with E-state index in [0.29, 0.717) is 41.9 Å². The van der Waals surface area contributed by atoms with Gasteiger partial charge in [0.15, 0.2) is 5.76 Å². The number of furan rings is 1. The lowest BCUT2D eigenvalue weighted by atomic mass is 10.1. The first-order valence-electron chi connectivity index (χ1n) is 10.4. The molecule has 1 saturated carbocycles. The first kappa shape index (κ1) is 20.8. The Labute approximate surface area is 179 Å². The van der Waals surface area contributed by atoms with Gasteiger partial charge in [-0.15, -0.1) is 10.2 Å². The predicted molar refractivity (Wildman–Crippen MR) is 113 cm³/mol. The molecule has 0 spiro atoms. The number of rotatable bonds is 10. The van der Waals surface area contributed by atoms with Gasteiger partial charge in [0.25, 0.3) is 11.8 Å². The number of carbonyl (C=O) groups is 2. The highest BCUT2D eigenvalue weighted by molar-refractivity contribution is 6.04. The summed E-state index contributed by atoms with van der Waals surface area (Å²) in [6.45, 7) is 3.17. The molecule has 31 heavy (non-hydrogen) atoms. The van der Waals surface area contributed by atoms with Gasteiger partial charge < -0.3 is 19.5 Å². The van der Waals surface area contributed by atoms with Crippen LogP contribution in [-0.4, -0.2) is 46.0 Å². The highest BCUT2D eigenvalue weighted by Gasteiger charge is 2.25. The van der Waals surface area contributed by atoms with Crippen LogP contribution in [-0.2, 0) is 11.3 Å². The quantitative estimate of drug-likeness (QED) is 0.515. The number of hydrogen-bond acceptors (Lipinski definition) is 7. The summed E-state index contributed by atoms with van der Waals surface area (Å²) >= 11 is 0. The van der Waals surface area contributed by atoms with Crippen LogP contribution < -0.4 is 10.6 Å². The molecule has 0 unspecified atom stereocenters. The number of aromatic nitrogens is 2. The maximum Gasteiger partial charge on any atom is 0.283 e. The van der Waals surface area contributed by atoms with Crippen LogP contribution in [0.2, 0.25) is 0 Å². The molecule has 0 saturated heterocycles. The summed E-state index contributed by atoms with van der Waals surface area (Å²) in [7, 11) is 0. The molecule has 0 radical (unpaired) electrons. The van der Waals surface area contributed by atoms with Gasteiger partial charge >= 0.3 is 0 Å². The summed E-state index contributed by atoms with van der Waals surface area (Å²) in [5.41, 5.74) is 0.963. The number of hydrogen-bond donors (Lipinski definition) is 2. The van der Waals surface area contributed by atoms with E-state index >= 15 is 0 Å². The molecule has 1 aliphatic rings. The van der Waals surface area contributed by atoms with Crippen molar-refractivity contribution >= 4 is 17.5 Å². The minimum atomic E-state index is -0.217. The summed E-state index contributed by atoms with van der Waals surface area (Å²) in [5.74, 6) is 0.819. The lowest BCUT2D eigenvalue weighted by molar-refractivity contribution is -0.117.